The number of hydrogen-bond acceptors (Lipinski definition) is 2. The van der Waals surface area contributed by atoms with E-state index in [2.05, 4.69) is 22.2 Å². The van der Waals surface area contributed by atoms with Crippen molar-refractivity contribution in [2.45, 2.75) is 19.5 Å². The highest BCUT2D eigenvalue weighted by atomic mass is 35.5. The molecule has 4 heteroatoms. The lowest BCUT2D eigenvalue weighted by atomic mass is 10.1. The monoisotopic (exact) mass is 285 g/mol. The Balaban J connectivity index is 1.71. The zero-order valence-corrected chi connectivity index (χ0v) is 12.0. The van der Waals surface area contributed by atoms with Crippen molar-refractivity contribution < 1.29 is 0 Å². The molecule has 1 unspecified atom stereocenters. The van der Waals surface area contributed by atoms with Gasteiger partial charge in [0.1, 0.15) is 5.82 Å². The zero-order chi connectivity index (χ0) is 13.9. The van der Waals surface area contributed by atoms with Crippen LogP contribution in [0.25, 0.3) is 11.0 Å². The van der Waals surface area contributed by atoms with Crippen molar-refractivity contribution in [3.63, 3.8) is 0 Å². The minimum absolute atomic E-state index is 0.178. The fraction of sp³-hybridized carbons (Fsp3) is 0.188. The van der Waals surface area contributed by atoms with Crippen molar-refractivity contribution >= 4 is 22.6 Å². The third kappa shape index (κ3) is 2.69. The highest BCUT2D eigenvalue weighted by molar-refractivity contribution is 6.31. The van der Waals surface area contributed by atoms with E-state index in [-0.39, 0.29) is 6.04 Å². The van der Waals surface area contributed by atoms with E-state index >= 15 is 0 Å². The summed E-state index contributed by atoms with van der Waals surface area (Å²) in [5.74, 6) is 0.935. The van der Waals surface area contributed by atoms with Gasteiger partial charge in [-0.3, -0.25) is 0 Å². The molecule has 0 saturated heterocycles. The van der Waals surface area contributed by atoms with Gasteiger partial charge in [-0.05, 0) is 30.7 Å². The van der Waals surface area contributed by atoms with E-state index in [0.717, 1.165) is 27.4 Å². The lowest BCUT2D eigenvalue weighted by Crippen LogP contribution is -2.19. The van der Waals surface area contributed by atoms with E-state index < -0.39 is 0 Å². The molecule has 0 saturated carbocycles. The number of H-pyrrole nitrogens is 1. The van der Waals surface area contributed by atoms with E-state index in [0.29, 0.717) is 6.54 Å². The summed E-state index contributed by atoms with van der Waals surface area (Å²) in [6.45, 7) is 2.78. The third-order valence-electron chi connectivity index (χ3n) is 3.39. The van der Waals surface area contributed by atoms with Crippen LogP contribution in [0.4, 0.5) is 0 Å². The maximum atomic E-state index is 6.20. The molecule has 0 amide bonds. The van der Waals surface area contributed by atoms with Crippen LogP contribution >= 0.6 is 11.6 Å². The van der Waals surface area contributed by atoms with Gasteiger partial charge in [-0.25, -0.2) is 4.98 Å². The fourth-order valence-electron chi connectivity index (χ4n) is 2.28. The summed E-state index contributed by atoms with van der Waals surface area (Å²) < 4.78 is 0. The Morgan fingerprint density at radius 1 is 1.15 bits per heavy atom. The SMILES string of the molecule is CC(NCc1nc2ccccc2[nH]1)c1ccccc1Cl. The normalized spacial score (nSPS) is 12.7. The van der Waals surface area contributed by atoms with Gasteiger partial charge in [0, 0.05) is 11.1 Å². The van der Waals surface area contributed by atoms with E-state index in [9.17, 15) is 0 Å². The summed E-state index contributed by atoms with van der Waals surface area (Å²) in [5.41, 5.74) is 3.16. The zero-order valence-electron chi connectivity index (χ0n) is 11.2. The molecule has 2 aromatic carbocycles. The maximum absolute atomic E-state index is 6.20. The number of halogens is 1. The molecular weight excluding hydrogens is 270 g/mol. The molecule has 3 aromatic rings. The number of imidazole rings is 1. The molecule has 0 spiro atoms. The Hall–Kier alpha value is -1.84. The summed E-state index contributed by atoms with van der Waals surface area (Å²) >= 11 is 6.20. The number of benzene rings is 2. The predicted molar refractivity (Wildman–Crippen MR) is 82.8 cm³/mol. The van der Waals surface area contributed by atoms with E-state index in [1.165, 1.54) is 0 Å². The number of hydrogen-bond donors (Lipinski definition) is 2. The van der Waals surface area contributed by atoms with Crippen molar-refractivity contribution in [3.05, 3.63) is 64.9 Å². The molecule has 1 aromatic heterocycles. The Labute approximate surface area is 123 Å². The van der Waals surface area contributed by atoms with Crippen LogP contribution in [0.3, 0.4) is 0 Å². The topological polar surface area (TPSA) is 40.7 Å². The summed E-state index contributed by atoms with van der Waals surface area (Å²) in [6.07, 6.45) is 0. The molecule has 3 nitrogen and oxygen atoms in total. The van der Waals surface area contributed by atoms with Gasteiger partial charge in [-0.15, -0.1) is 0 Å². The smallest absolute Gasteiger partial charge is 0.121 e. The van der Waals surface area contributed by atoms with Crippen LogP contribution in [0, 0.1) is 0 Å². The van der Waals surface area contributed by atoms with Crippen molar-refractivity contribution in [1.29, 1.82) is 0 Å². The van der Waals surface area contributed by atoms with Crippen LogP contribution < -0.4 is 5.32 Å². The third-order valence-corrected chi connectivity index (χ3v) is 3.73. The second-order valence-electron chi connectivity index (χ2n) is 4.82. The van der Waals surface area contributed by atoms with Crippen molar-refractivity contribution in [2.75, 3.05) is 0 Å². The summed E-state index contributed by atoms with van der Waals surface area (Å²) in [6, 6.07) is 16.1. The van der Waals surface area contributed by atoms with Crippen molar-refractivity contribution in [3.8, 4) is 0 Å². The quantitative estimate of drug-likeness (QED) is 0.759. The molecule has 102 valence electrons. The van der Waals surface area contributed by atoms with Gasteiger partial charge in [0.25, 0.3) is 0 Å². The number of rotatable bonds is 4. The molecule has 20 heavy (non-hydrogen) atoms. The molecule has 0 aliphatic heterocycles. The second-order valence-corrected chi connectivity index (χ2v) is 5.23. The highest BCUT2D eigenvalue weighted by Crippen LogP contribution is 2.22. The first-order valence-electron chi connectivity index (χ1n) is 6.65. The molecule has 0 radical (unpaired) electrons. The summed E-state index contributed by atoms with van der Waals surface area (Å²) in [5, 5.41) is 4.23. The number of nitrogens with one attached hydrogen (secondary N) is 2. The Morgan fingerprint density at radius 3 is 2.70 bits per heavy atom. The molecule has 0 aliphatic carbocycles. The minimum Gasteiger partial charge on any atom is -0.341 e. The van der Waals surface area contributed by atoms with Crippen molar-refractivity contribution in [2.24, 2.45) is 0 Å². The summed E-state index contributed by atoms with van der Waals surface area (Å²) in [4.78, 5) is 7.86. The van der Waals surface area contributed by atoms with Gasteiger partial charge < -0.3 is 10.3 Å². The first kappa shape index (κ1) is 13.2. The number of aromatic nitrogens is 2. The fourth-order valence-corrected chi connectivity index (χ4v) is 2.57. The molecule has 0 fully saturated rings. The molecule has 1 heterocycles. The molecule has 1 atom stereocenters. The van der Waals surface area contributed by atoms with Gasteiger partial charge in [0.15, 0.2) is 0 Å². The van der Waals surface area contributed by atoms with E-state index in [1.54, 1.807) is 0 Å². The van der Waals surface area contributed by atoms with Gasteiger partial charge in [0.2, 0.25) is 0 Å². The Bertz CT molecular complexity index is 687. The highest BCUT2D eigenvalue weighted by Gasteiger charge is 2.09. The number of aromatic amines is 1. The van der Waals surface area contributed by atoms with Crippen molar-refractivity contribution in [1.82, 2.24) is 15.3 Å². The van der Waals surface area contributed by atoms with E-state index in [4.69, 9.17) is 11.6 Å². The molecule has 3 rings (SSSR count). The van der Waals surface area contributed by atoms with Gasteiger partial charge in [-0.2, -0.15) is 0 Å². The largest absolute Gasteiger partial charge is 0.341 e. The van der Waals surface area contributed by atoms with Crippen LogP contribution in [0.5, 0.6) is 0 Å². The standard InChI is InChI=1S/C16H16ClN3/c1-11(12-6-2-3-7-13(12)17)18-10-16-19-14-8-4-5-9-15(14)20-16/h2-9,11,18H,10H2,1H3,(H,19,20). The lowest BCUT2D eigenvalue weighted by molar-refractivity contribution is 0.563. The van der Waals surface area contributed by atoms with Crippen LogP contribution in [0.15, 0.2) is 48.5 Å². The van der Waals surface area contributed by atoms with Gasteiger partial charge in [0.05, 0.1) is 17.6 Å². The summed E-state index contributed by atoms with van der Waals surface area (Å²) in [7, 11) is 0. The minimum atomic E-state index is 0.178. The number of para-hydroxylation sites is 2. The van der Waals surface area contributed by atoms with Gasteiger partial charge in [-0.1, -0.05) is 41.9 Å². The Morgan fingerprint density at radius 2 is 1.90 bits per heavy atom. The average Bonchev–Trinajstić information content (AvgIpc) is 2.88. The predicted octanol–water partition coefficient (Wildman–Crippen LogP) is 4.07. The van der Waals surface area contributed by atoms with E-state index in [1.807, 2.05) is 48.5 Å². The maximum Gasteiger partial charge on any atom is 0.121 e. The van der Waals surface area contributed by atoms with Crippen LogP contribution in [-0.2, 0) is 6.54 Å². The first-order valence-corrected chi connectivity index (χ1v) is 7.03. The molecule has 0 bridgehead atoms. The second kappa shape index (κ2) is 5.65. The molecule has 2 N–H and O–H groups in total. The van der Waals surface area contributed by atoms with Crippen LogP contribution in [-0.4, -0.2) is 9.97 Å². The lowest BCUT2D eigenvalue weighted by Gasteiger charge is -2.14. The number of nitrogens with zero attached hydrogens (tertiary/aromatic N) is 1. The van der Waals surface area contributed by atoms with Crippen LogP contribution in [0.2, 0.25) is 5.02 Å². The average molecular weight is 286 g/mol. The Kier molecular flexibility index (Phi) is 3.72. The number of fused-ring (bicyclic) bond motifs is 1. The molecular formula is C16H16ClN3. The molecule has 0 aliphatic rings. The van der Waals surface area contributed by atoms with Crippen LogP contribution in [0.1, 0.15) is 24.4 Å². The first-order chi connectivity index (χ1) is 9.74. The van der Waals surface area contributed by atoms with Gasteiger partial charge >= 0.3 is 0 Å².